The first-order valence-electron chi connectivity index (χ1n) is 7.19. The number of benzene rings is 2. The summed E-state index contributed by atoms with van der Waals surface area (Å²) in [7, 11) is 0. The molecule has 3 rings (SSSR count). The fourth-order valence-electron chi connectivity index (χ4n) is 2.34. The maximum atomic E-state index is 14.4. The van der Waals surface area contributed by atoms with Crippen molar-refractivity contribution in [3.05, 3.63) is 71.9 Å². The number of hydrogen-bond acceptors (Lipinski definition) is 4. The minimum Gasteiger partial charge on any atom is -0.508 e. The standard InChI is InChI=1S/C18H12F2N2O3/c19-14-8-11(10-3-1-4-12(23)7-10)9-15(20)16(14)22-17-13(18(24)25)5-2-6-21-17/h1-9,23H,(H,21,22)(H,24,25). The molecular formula is C18H12F2N2O3. The van der Waals surface area contributed by atoms with E-state index in [-0.39, 0.29) is 22.7 Å². The molecule has 0 aliphatic rings. The summed E-state index contributed by atoms with van der Waals surface area (Å²) in [4.78, 5) is 15.0. The number of pyridine rings is 1. The van der Waals surface area contributed by atoms with Crippen molar-refractivity contribution in [2.24, 2.45) is 0 Å². The van der Waals surface area contributed by atoms with Crippen LogP contribution in [0.3, 0.4) is 0 Å². The number of phenols is 1. The predicted octanol–water partition coefficient (Wildman–Crippen LogP) is 4.17. The fourth-order valence-corrected chi connectivity index (χ4v) is 2.34. The van der Waals surface area contributed by atoms with Gasteiger partial charge in [0.05, 0.1) is 0 Å². The molecule has 1 aromatic heterocycles. The molecule has 1 heterocycles. The molecule has 3 aromatic rings. The fraction of sp³-hybridized carbons (Fsp3) is 0. The van der Waals surface area contributed by atoms with Gasteiger partial charge in [-0.1, -0.05) is 12.1 Å². The average molecular weight is 342 g/mol. The van der Waals surface area contributed by atoms with Crippen LogP contribution in [0.15, 0.2) is 54.7 Å². The predicted molar refractivity (Wildman–Crippen MR) is 87.9 cm³/mol. The highest BCUT2D eigenvalue weighted by Crippen LogP contribution is 2.31. The van der Waals surface area contributed by atoms with E-state index in [1.165, 1.54) is 30.5 Å². The number of halogens is 2. The maximum Gasteiger partial charge on any atom is 0.339 e. The van der Waals surface area contributed by atoms with Crippen molar-refractivity contribution in [2.45, 2.75) is 0 Å². The van der Waals surface area contributed by atoms with Crippen molar-refractivity contribution < 1.29 is 23.8 Å². The first kappa shape index (κ1) is 16.4. The summed E-state index contributed by atoms with van der Waals surface area (Å²) < 4.78 is 28.8. The first-order chi connectivity index (χ1) is 12.0. The van der Waals surface area contributed by atoms with Gasteiger partial charge in [0.2, 0.25) is 0 Å². The van der Waals surface area contributed by atoms with Crippen molar-refractivity contribution in [3.8, 4) is 16.9 Å². The van der Waals surface area contributed by atoms with Crippen molar-refractivity contribution in [1.29, 1.82) is 0 Å². The molecule has 2 aromatic carbocycles. The second-order valence-corrected chi connectivity index (χ2v) is 5.19. The van der Waals surface area contributed by atoms with E-state index in [0.29, 0.717) is 5.56 Å². The van der Waals surface area contributed by atoms with Crippen molar-refractivity contribution in [3.63, 3.8) is 0 Å². The molecule has 0 radical (unpaired) electrons. The number of aromatic carboxylic acids is 1. The molecule has 0 spiro atoms. The van der Waals surface area contributed by atoms with Crippen molar-refractivity contribution in [1.82, 2.24) is 4.98 Å². The molecule has 0 amide bonds. The van der Waals surface area contributed by atoms with E-state index >= 15 is 0 Å². The Bertz CT molecular complexity index is 938. The summed E-state index contributed by atoms with van der Waals surface area (Å²) in [5.74, 6) is -3.30. The Morgan fingerprint density at radius 3 is 2.36 bits per heavy atom. The smallest absolute Gasteiger partial charge is 0.339 e. The van der Waals surface area contributed by atoms with Gasteiger partial charge in [-0.15, -0.1) is 0 Å². The van der Waals surface area contributed by atoms with Crippen LogP contribution in [0.4, 0.5) is 20.3 Å². The van der Waals surface area contributed by atoms with Crippen LogP contribution in [-0.4, -0.2) is 21.2 Å². The number of aromatic nitrogens is 1. The highest BCUT2D eigenvalue weighted by molar-refractivity contribution is 5.94. The van der Waals surface area contributed by atoms with Gasteiger partial charge in [-0.2, -0.15) is 0 Å². The van der Waals surface area contributed by atoms with E-state index in [2.05, 4.69) is 10.3 Å². The summed E-state index contributed by atoms with van der Waals surface area (Å²) in [6, 6.07) is 10.8. The second kappa shape index (κ2) is 6.56. The lowest BCUT2D eigenvalue weighted by Crippen LogP contribution is -2.06. The Kier molecular flexibility index (Phi) is 4.30. The summed E-state index contributed by atoms with van der Waals surface area (Å²) in [5.41, 5.74) is -0.0483. The first-order valence-corrected chi connectivity index (χ1v) is 7.19. The van der Waals surface area contributed by atoms with Gasteiger partial charge in [-0.3, -0.25) is 0 Å². The quantitative estimate of drug-likeness (QED) is 0.663. The van der Waals surface area contributed by atoms with E-state index in [4.69, 9.17) is 5.11 Å². The number of carbonyl (C=O) groups is 1. The third kappa shape index (κ3) is 3.40. The number of carboxylic acids is 1. The number of anilines is 2. The van der Waals surface area contributed by atoms with Crippen LogP contribution in [0.1, 0.15) is 10.4 Å². The van der Waals surface area contributed by atoms with Crippen LogP contribution < -0.4 is 5.32 Å². The monoisotopic (exact) mass is 342 g/mol. The number of phenolic OH excluding ortho intramolecular Hbond substituents is 1. The Hall–Kier alpha value is -3.48. The van der Waals surface area contributed by atoms with Gasteiger partial charge in [0.15, 0.2) is 0 Å². The molecule has 0 aliphatic heterocycles. The van der Waals surface area contributed by atoms with E-state index in [1.54, 1.807) is 12.1 Å². The normalized spacial score (nSPS) is 10.5. The molecule has 5 nitrogen and oxygen atoms in total. The average Bonchev–Trinajstić information content (AvgIpc) is 2.58. The Balaban J connectivity index is 2.01. The lowest BCUT2D eigenvalue weighted by molar-refractivity contribution is 0.0697. The summed E-state index contributed by atoms with van der Waals surface area (Å²) >= 11 is 0. The largest absolute Gasteiger partial charge is 0.508 e. The minimum absolute atomic E-state index is 0.0277. The van der Waals surface area contributed by atoms with Crippen LogP contribution in [0.2, 0.25) is 0 Å². The van der Waals surface area contributed by atoms with Gasteiger partial charge < -0.3 is 15.5 Å². The van der Waals surface area contributed by atoms with E-state index in [9.17, 15) is 18.7 Å². The van der Waals surface area contributed by atoms with Gasteiger partial charge in [0, 0.05) is 6.20 Å². The molecule has 0 unspecified atom stereocenters. The van der Waals surface area contributed by atoms with E-state index < -0.39 is 23.3 Å². The van der Waals surface area contributed by atoms with Gasteiger partial charge in [-0.05, 0) is 47.5 Å². The maximum absolute atomic E-state index is 14.4. The highest BCUT2D eigenvalue weighted by atomic mass is 19.1. The van der Waals surface area contributed by atoms with Gasteiger partial charge in [0.25, 0.3) is 0 Å². The molecule has 0 bridgehead atoms. The Morgan fingerprint density at radius 2 is 1.72 bits per heavy atom. The van der Waals surface area contributed by atoms with Crippen LogP contribution in [0.5, 0.6) is 5.75 Å². The molecule has 0 atom stereocenters. The number of carboxylic acid groups (broad SMARTS) is 1. The number of nitrogens with one attached hydrogen (secondary N) is 1. The molecule has 3 N–H and O–H groups in total. The zero-order chi connectivity index (χ0) is 18.0. The number of nitrogens with zero attached hydrogens (tertiary/aromatic N) is 1. The van der Waals surface area contributed by atoms with E-state index in [0.717, 1.165) is 12.1 Å². The lowest BCUT2D eigenvalue weighted by Gasteiger charge is -2.12. The minimum atomic E-state index is -1.27. The molecule has 0 saturated carbocycles. The summed E-state index contributed by atoms with van der Waals surface area (Å²) in [5, 5.41) is 21.0. The molecule has 0 fully saturated rings. The van der Waals surface area contributed by atoms with Crippen molar-refractivity contribution >= 4 is 17.5 Å². The Labute approximate surface area is 141 Å². The SMILES string of the molecule is O=C(O)c1cccnc1Nc1c(F)cc(-c2cccc(O)c2)cc1F. The number of rotatable bonds is 4. The topological polar surface area (TPSA) is 82.5 Å². The van der Waals surface area contributed by atoms with Gasteiger partial charge >= 0.3 is 5.97 Å². The second-order valence-electron chi connectivity index (χ2n) is 5.19. The van der Waals surface area contributed by atoms with Crippen LogP contribution in [0, 0.1) is 11.6 Å². The van der Waals surface area contributed by atoms with Crippen molar-refractivity contribution in [2.75, 3.05) is 5.32 Å². The molecule has 126 valence electrons. The van der Waals surface area contributed by atoms with Crippen LogP contribution >= 0.6 is 0 Å². The zero-order valence-electron chi connectivity index (χ0n) is 12.7. The van der Waals surface area contributed by atoms with Crippen LogP contribution in [-0.2, 0) is 0 Å². The molecule has 25 heavy (non-hydrogen) atoms. The molecular weight excluding hydrogens is 330 g/mol. The van der Waals surface area contributed by atoms with Gasteiger partial charge in [0.1, 0.15) is 34.5 Å². The zero-order valence-corrected chi connectivity index (χ0v) is 12.7. The molecule has 0 aliphatic carbocycles. The third-order valence-electron chi connectivity index (χ3n) is 3.50. The number of aromatic hydroxyl groups is 1. The van der Waals surface area contributed by atoms with E-state index in [1.807, 2.05) is 0 Å². The van der Waals surface area contributed by atoms with Crippen LogP contribution in [0.25, 0.3) is 11.1 Å². The molecule has 7 heteroatoms. The Morgan fingerprint density at radius 1 is 1.00 bits per heavy atom. The lowest BCUT2D eigenvalue weighted by atomic mass is 10.0. The van der Waals surface area contributed by atoms with Gasteiger partial charge in [-0.25, -0.2) is 18.6 Å². The summed E-state index contributed by atoms with van der Waals surface area (Å²) in [6.07, 6.45) is 1.31. The molecule has 0 saturated heterocycles. The third-order valence-corrected chi connectivity index (χ3v) is 3.50. The highest BCUT2D eigenvalue weighted by Gasteiger charge is 2.17. The summed E-state index contributed by atoms with van der Waals surface area (Å²) in [6.45, 7) is 0. The number of hydrogen-bond donors (Lipinski definition) is 3.